The first-order chi connectivity index (χ1) is 19.1. The van der Waals surface area contributed by atoms with Gasteiger partial charge < -0.3 is 20.1 Å². The summed E-state index contributed by atoms with van der Waals surface area (Å²) in [7, 11) is 0. The van der Waals surface area contributed by atoms with Gasteiger partial charge in [-0.05, 0) is 83.7 Å². The van der Waals surface area contributed by atoms with Crippen LogP contribution in [0.5, 0.6) is 0 Å². The molecule has 8 heteroatoms. The van der Waals surface area contributed by atoms with Gasteiger partial charge in [0.05, 0.1) is 17.8 Å². The van der Waals surface area contributed by atoms with Crippen LogP contribution in [0.4, 0.5) is 10.1 Å². The van der Waals surface area contributed by atoms with Crippen molar-refractivity contribution >= 4 is 39.7 Å². The molecule has 1 fully saturated rings. The van der Waals surface area contributed by atoms with E-state index < -0.39 is 0 Å². The summed E-state index contributed by atoms with van der Waals surface area (Å²) in [5.41, 5.74) is 3.50. The molecule has 2 atom stereocenters. The van der Waals surface area contributed by atoms with E-state index >= 15 is 0 Å². The molecule has 3 heterocycles. The largest absolute Gasteiger partial charge is 0.352 e. The first-order valence-electron chi connectivity index (χ1n) is 12.8. The van der Waals surface area contributed by atoms with Crippen molar-refractivity contribution in [2.75, 3.05) is 11.9 Å². The van der Waals surface area contributed by atoms with Gasteiger partial charge in [0.15, 0.2) is 5.11 Å². The van der Waals surface area contributed by atoms with E-state index in [-0.39, 0.29) is 30.2 Å². The molecule has 0 radical (unpaired) electrons. The van der Waals surface area contributed by atoms with Crippen LogP contribution in [0.3, 0.4) is 0 Å². The molecule has 6 rings (SSSR count). The number of thiocarbonyl (C=S) groups is 1. The third-order valence-electron chi connectivity index (χ3n) is 7.00. The number of aromatic nitrogens is 2. The summed E-state index contributed by atoms with van der Waals surface area (Å²) in [6.45, 7) is 0.399. The van der Waals surface area contributed by atoms with E-state index in [0.717, 1.165) is 22.5 Å². The van der Waals surface area contributed by atoms with Crippen molar-refractivity contribution in [3.63, 3.8) is 0 Å². The molecule has 6 nitrogen and oxygen atoms in total. The molecule has 1 amide bonds. The maximum atomic E-state index is 13.3. The van der Waals surface area contributed by atoms with Crippen molar-refractivity contribution < 1.29 is 9.18 Å². The number of pyridine rings is 1. The Labute approximate surface area is 231 Å². The van der Waals surface area contributed by atoms with Crippen LogP contribution < -0.4 is 10.6 Å². The summed E-state index contributed by atoms with van der Waals surface area (Å²) < 4.78 is 15.4. The van der Waals surface area contributed by atoms with Crippen LogP contribution in [0, 0.1) is 5.82 Å². The quantitative estimate of drug-likeness (QED) is 0.244. The monoisotopic (exact) mass is 535 g/mol. The average molecular weight is 536 g/mol. The maximum Gasteiger partial charge on any atom is 0.226 e. The van der Waals surface area contributed by atoms with E-state index in [1.807, 2.05) is 36.4 Å². The van der Waals surface area contributed by atoms with E-state index in [1.165, 1.54) is 17.5 Å². The number of halogens is 1. The summed E-state index contributed by atoms with van der Waals surface area (Å²) >= 11 is 5.79. The summed E-state index contributed by atoms with van der Waals surface area (Å²) in [5.74, 6) is -0.520. The van der Waals surface area contributed by atoms with Crippen molar-refractivity contribution in [1.82, 2.24) is 19.8 Å². The Morgan fingerprint density at radius 1 is 0.949 bits per heavy atom. The summed E-state index contributed by atoms with van der Waals surface area (Å²) in [5, 5.41) is 9.20. The second kappa shape index (κ2) is 10.7. The number of benzene rings is 3. The van der Waals surface area contributed by atoms with Gasteiger partial charge in [-0.15, -0.1) is 0 Å². The third-order valence-corrected chi connectivity index (χ3v) is 7.35. The van der Waals surface area contributed by atoms with Gasteiger partial charge >= 0.3 is 0 Å². The van der Waals surface area contributed by atoms with Gasteiger partial charge in [0, 0.05) is 42.4 Å². The highest BCUT2D eigenvalue weighted by molar-refractivity contribution is 7.80. The molecular weight excluding hydrogens is 509 g/mol. The number of fused-ring (bicyclic) bond motifs is 1. The summed E-state index contributed by atoms with van der Waals surface area (Å²) in [4.78, 5) is 19.5. The molecule has 0 bridgehead atoms. The van der Waals surface area contributed by atoms with Crippen molar-refractivity contribution in [2.24, 2.45) is 0 Å². The number of carbonyl (C=O) groups is 1. The molecule has 0 saturated carbocycles. The lowest BCUT2D eigenvalue weighted by Gasteiger charge is -2.29. The van der Waals surface area contributed by atoms with Crippen LogP contribution in [0.25, 0.3) is 16.5 Å². The van der Waals surface area contributed by atoms with Crippen LogP contribution in [-0.4, -0.2) is 32.0 Å². The van der Waals surface area contributed by atoms with E-state index in [1.54, 1.807) is 18.3 Å². The second-order valence-electron chi connectivity index (χ2n) is 9.46. The number of nitrogens with one attached hydrogen (secondary N) is 2. The van der Waals surface area contributed by atoms with Gasteiger partial charge in [0.1, 0.15) is 5.82 Å². The predicted molar refractivity (Wildman–Crippen MR) is 155 cm³/mol. The zero-order valence-electron chi connectivity index (χ0n) is 21.0. The Bertz CT molecular complexity index is 1640. The zero-order valence-corrected chi connectivity index (χ0v) is 21.8. The Hall–Kier alpha value is -4.56. The molecule has 3 aromatic carbocycles. The molecule has 1 aliphatic rings. The number of nitrogens with zero attached hydrogens (tertiary/aromatic N) is 3. The van der Waals surface area contributed by atoms with Crippen molar-refractivity contribution in [3.05, 3.63) is 127 Å². The molecular formula is C31H26FN5OS. The summed E-state index contributed by atoms with van der Waals surface area (Å²) in [6.07, 6.45) is 4.04. The molecule has 194 valence electrons. The van der Waals surface area contributed by atoms with Crippen LogP contribution in [0.1, 0.15) is 29.9 Å². The lowest BCUT2D eigenvalue weighted by Crippen LogP contribution is -2.33. The Balaban J connectivity index is 1.32. The van der Waals surface area contributed by atoms with Gasteiger partial charge in [-0.1, -0.05) is 36.4 Å². The molecule has 39 heavy (non-hydrogen) atoms. The molecule has 0 spiro atoms. The molecule has 2 aromatic heterocycles. The van der Waals surface area contributed by atoms with E-state index in [2.05, 4.69) is 67.7 Å². The molecule has 1 saturated heterocycles. The van der Waals surface area contributed by atoms with Gasteiger partial charge in [-0.25, -0.2) is 4.39 Å². The number of rotatable bonds is 7. The lowest BCUT2D eigenvalue weighted by atomic mass is 10.0. The Morgan fingerprint density at radius 3 is 2.54 bits per heavy atom. The molecule has 5 aromatic rings. The normalized spacial score (nSPS) is 16.8. The van der Waals surface area contributed by atoms with Gasteiger partial charge in [-0.2, -0.15) is 0 Å². The number of carbonyl (C=O) groups excluding carboxylic acids is 1. The molecule has 0 aliphatic carbocycles. The number of hydrogen-bond donors (Lipinski definition) is 2. The average Bonchev–Trinajstić information content (AvgIpc) is 3.57. The van der Waals surface area contributed by atoms with E-state index in [4.69, 9.17) is 12.2 Å². The van der Waals surface area contributed by atoms with Crippen molar-refractivity contribution in [1.29, 1.82) is 0 Å². The highest BCUT2D eigenvalue weighted by Gasteiger charge is 2.41. The number of amides is 1. The standard InChI is InChI=1S/C31H26FN5OS/c32-23-11-13-24(14-12-23)34-28(38)16-19-37-30(29(35-31(37)39)26-8-3-4-17-33-26)27-9-5-18-36(27)25-15-10-21-6-1-2-7-22(21)20-25/h1-15,17-18,20,29-30H,16,19H2,(H,34,38)(H,35,39). The fourth-order valence-corrected chi connectivity index (χ4v) is 5.48. The third kappa shape index (κ3) is 5.11. The van der Waals surface area contributed by atoms with Crippen molar-refractivity contribution in [2.45, 2.75) is 18.5 Å². The highest BCUT2D eigenvalue weighted by atomic mass is 32.1. The van der Waals surface area contributed by atoms with Crippen LogP contribution in [0.15, 0.2) is 109 Å². The topological polar surface area (TPSA) is 62.2 Å². The summed E-state index contributed by atoms with van der Waals surface area (Å²) in [6, 6.07) is 30.0. The molecule has 1 aliphatic heterocycles. The van der Waals surface area contributed by atoms with Crippen LogP contribution >= 0.6 is 12.2 Å². The fraction of sp³-hybridized carbons (Fsp3) is 0.129. The van der Waals surface area contributed by atoms with E-state index in [9.17, 15) is 9.18 Å². The first-order valence-corrected chi connectivity index (χ1v) is 13.2. The molecule has 2 unspecified atom stereocenters. The predicted octanol–water partition coefficient (Wildman–Crippen LogP) is 6.17. The van der Waals surface area contributed by atoms with Gasteiger partial charge in [-0.3, -0.25) is 9.78 Å². The van der Waals surface area contributed by atoms with Gasteiger partial charge in [0.25, 0.3) is 0 Å². The molecule has 2 N–H and O–H groups in total. The Kier molecular flexibility index (Phi) is 6.77. The highest BCUT2D eigenvalue weighted by Crippen LogP contribution is 2.39. The zero-order chi connectivity index (χ0) is 26.8. The minimum absolute atomic E-state index is 0.172. The minimum atomic E-state index is -0.348. The van der Waals surface area contributed by atoms with Crippen LogP contribution in [0.2, 0.25) is 0 Å². The Morgan fingerprint density at radius 2 is 1.74 bits per heavy atom. The first kappa shape index (κ1) is 24.8. The van der Waals surface area contributed by atoms with Gasteiger partial charge in [0.2, 0.25) is 5.91 Å². The van der Waals surface area contributed by atoms with Crippen molar-refractivity contribution in [3.8, 4) is 5.69 Å². The van der Waals surface area contributed by atoms with E-state index in [0.29, 0.717) is 17.3 Å². The minimum Gasteiger partial charge on any atom is -0.352 e. The SMILES string of the molecule is O=C(CCN1C(=S)NC(c2ccccn2)C1c1cccn1-c1ccc2ccccc2c1)Nc1ccc(F)cc1. The fourth-order valence-electron chi connectivity index (χ4n) is 5.14. The number of anilines is 1. The maximum absolute atomic E-state index is 13.3. The second-order valence-corrected chi connectivity index (χ2v) is 9.85. The smallest absolute Gasteiger partial charge is 0.226 e. The van der Waals surface area contributed by atoms with Crippen LogP contribution in [-0.2, 0) is 4.79 Å². The number of hydrogen-bond acceptors (Lipinski definition) is 3. The lowest BCUT2D eigenvalue weighted by molar-refractivity contribution is -0.116.